The average Bonchev–Trinajstić information content (AvgIpc) is 2.38. The molecule has 18 heavy (non-hydrogen) atoms. The molecule has 0 saturated carbocycles. The van der Waals surface area contributed by atoms with Gasteiger partial charge in [-0.25, -0.2) is 4.98 Å². The largest absolute Gasteiger partial charge is 0.347 e. The summed E-state index contributed by atoms with van der Waals surface area (Å²) in [7, 11) is 0. The maximum Gasteiger partial charge on any atom is 0.270 e. The van der Waals surface area contributed by atoms with Crippen molar-refractivity contribution < 1.29 is 4.79 Å². The second-order valence-electron chi connectivity index (χ2n) is 3.64. The van der Waals surface area contributed by atoms with Gasteiger partial charge in [-0.3, -0.25) is 4.79 Å². The van der Waals surface area contributed by atoms with Gasteiger partial charge in [0.15, 0.2) is 0 Å². The number of carbonyl (C=O) groups excluding carboxylic acids is 1. The predicted octanol–water partition coefficient (Wildman–Crippen LogP) is 3.43. The van der Waals surface area contributed by atoms with E-state index < -0.39 is 0 Å². The van der Waals surface area contributed by atoms with Crippen LogP contribution in [0.15, 0.2) is 47.1 Å². The minimum Gasteiger partial charge on any atom is -0.347 e. The molecule has 5 heteroatoms. The van der Waals surface area contributed by atoms with Crippen molar-refractivity contribution in [3.05, 3.63) is 63.3 Å². The van der Waals surface area contributed by atoms with Crippen molar-refractivity contribution in [3.63, 3.8) is 0 Å². The summed E-state index contributed by atoms with van der Waals surface area (Å²) in [4.78, 5) is 15.8. The van der Waals surface area contributed by atoms with E-state index in [-0.39, 0.29) is 5.91 Å². The van der Waals surface area contributed by atoms with Crippen LogP contribution in [0.5, 0.6) is 0 Å². The first-order valence-electron chi connectivity index (χ1n) is 5.30. The molecule has 0 aliphatic heterocycles. The third-order valence-corrected chi connectivity index (χ3v) is 3.20. The summed E-state index contributed by atoms with van der Waals surface area (Å²) in [6, 6.07) is 10.8. The number of nitrogens with one attached hydrogen (secondary N) is 1. The van der Waals surface area contributed by atoms with Gasteiger partial charge in [-0.1, -0.05) is 29.8 Å². The molecule has 1 N–H and O–H groups in total. The lowest BCUT2D eigenvalue weighted by Crippen LogP contribution is -2.23. The number of rotatable bonds is 3. The third kappa shape index (κ3) is 3.31. The molecule has 0 saturated heterocycles. The zero-order chi connectivity index (χ0) is 13.0. The molecule has 0 unspecified atom stereocenters. The van der Waals surface area contributed by atoms with Gasteiger partial charge in [0.25, 0.3) is 5.91 Å². The summed E-state index contributed by atoms with van der Waals surface area (Å²) in [5.41, 5.74) is 1.26. The molecule has 0 spiro atoms. The summed E-state index contributed by atoms with van der Waals surface area (Å²) in [6.07, 6.45) is 1.59. The lowest BCUT2D eigenvalue weighted by atomic mass is 10.2. The first-order valence-corrected chi connectivity index (χ1v) is 6.47. The molecule has 0 fully saturated rings. The predicted molar refractivity (Wildman–Crippen MR) is 74.6 cm³/mol. The quantitative estimate of drug-likeness (QED) is 0.939. The molecule has 0 radical (unpaired) electrons. The Morgan fingerprint density at radius 2 is 2.06 bits per heavy atom. The standard InChI is InChI=1S/C13H10BrClN2O/c14-10-5-6-12(16-8-10)13(18)17-7-9-3-1-2-4-11(9)15/h1-6,8H,7H2,(H,17,18). The molecule has 1 amide bonds. The number of amides is 1. The molecular formula is C13H10BrClN2O. The van der Waals surface area contributed by atoms with E-state index in [0.717, 1.165) is 10.0 Å². The van der Waals surface area contributed by atoms with Crippen LogP contribution in [0.3, 0.4) is 0 Å². The van der Waals surface area contributed by atoms with E-state index in [1.165, 1.54) is 0 Å². The van der Waals surface area contributed by atoms with E-state index in [9.17, 15) is 4.79 Å². The highest BCUT2D eigenvalue weighted by Gasteiger charge is 2.07. The Balaban J connectivity index is 2.01. The minimum absolute atomic E-state index is 0.220. The summed E-state index contributed by atoms with van der Waals surface area (Å²) in [5, 5.41) is 3.41. The van der Waals surface area contributed by atoms with Crippen molar-refractivity contribution in [2.24, 2.45) is 0 Å². The van der Waals surface area contributed by atoms with Crippen LogP contribution < -0.4 is 5.32 Å². The van der Waals surface area contributed by atoms with Crippen LogP contribution in [0.1, 0.15) is 16.1 Å². The molecule has 0 aliphatic rings. The highest BCUT2D eigenvalue weighted by atomic mass is 79.9. The molecule has 92 valence electrons. The normalized spacial score (nSPS) is 10.1. The van der Waals surface area contributed by atoms with E-state index in [2.05, 4.69) is 26.2 Å². The van der Waals surface area contributed by atoms with Crippen LogP contribution in [-0.2, 0) is 6.54 Å². The van der Waals surface area contributed by atoms with Gasteiger partial charge in [0.05, 0.1) is 0 Å². The van der Waals surface area contributed by atoms with E-state index in [1.807, 2.05) is 18.2 Å². The Hall–Kier alpha value is -1.39. The number of carbonyl (C=O) groups is 1. The number of benzene rings is 1. The van der Waals surface area contributed by atoms with E-state index >= 15 is 0 Å². The highest BCUT2D eigenvalue weighted by Crippen LogP contribution is 2.14. The maximum atomic E-state index is 11.8. The van der Waals surface area contributed by atoms with Gasteiger partial charge in [0.1, 0.15) is 5.69 Å². The molecule has 1 heterocycles. The fourth-order valence-corrected chi connectivity index (χ4v) is 1.86. The SMILES string of the molecule is O=C(NCc1ccccc1Cl)c1ccc(Br)cn1. The first-order chi connectivity index (χ1) is 8.66. The lowest BCUT2D eigenvalue weighted by molar-refractivity contribution is 0.0946. The number of hydrogen-bond acceptors (Lipinski definition) is 2. The molecule has 2 rings (SSSR count). The smallest absolute Gasteiger partial charge is 0.270 e. The molecule has 0 aliphatic carbocycles. The maximum absolute atomic E-state index is 11.8. The molecular weight excluding hydrogens is 316 g/mol. The molecule has 2 aromatic rings. The van der Waals surface area contributed by atoms with Gasteiger partial charge in [0.2, 0.25) is 0 Å². The number of nitrogens with zero attached hydrogens (tertiary/aromatic N) is 1. The summed E-state index contributed by atoms with van der Waals surface area (Å²) in [6.45, 7) is 0.385. The highest BCUT2D eigenvalue weighted by molar-refractivity contribution is 9.10. The van der Waals surface area contributed by atoms with Crippen LogP contribution in [0, 0.1) is 0 Å². The Morgan fingerprint density at radius 3 is 2.72 bits per heavy atom. The summed E-state index contributed by atoms with van der Waals surface area (Å²) >= 11 is 9.27. The molecule has 3 nitrogen and oxygen atoms in total. The van der Waals surface area contributed by atoms with Crippen LogP contribution in [0.2, 0.25) is 5.02 Å². The second-order valence-corrected chi connectivity index (χ2v) is 4.96. The number of pyridine rings is 1. The Labute approximate surface area is 118 Å². The zero-order valence-electron chi connectivity index (χ0n) is 9.36. The van der Waals surface area contributed by atoms with Crippen LogP contribution in [0.25, 0.3) is 0 Å². The van der Waals surface area contributed by atoms with Crippen molar-refractivity contribution in [3.8, 4) is 0 Å². The van der Waals surface area contributed by atoms with Crippen molar-refractivity contribution in [2.75, 3.05) is 0 Å². The van der Waals surface area contributed by atoms with Crippen molar-refractivity contribution >= 4 is 33.4 Å². The van der Waals surface area contributed by atoms with Gasteiger partial charge in [-0.15, -0.1) is 0 Å². The zero-order valence-corrected chi connectivity index (χ0v) is 11.7. The number of hydrogen-bond donors (Lipinski definition) is 1. The molecule has 0 atom stereocenters. The summed E-state index contributed by atoms with van der Waals surface area (Å²) < 4.78 is 0.838. The number of halogens is 2. The minimum atomic E-state index is -0.220. The average molecular weight is 326 g/mol. The lowest BCUT2D eigenvalue weighted by Gasteiger charge is -2.06. The van der Waals surface area contributed by atoms with Crippen LogP contribution >= 0.6 is 27.5 Å². The van der Waals surface area contributed by atoms with Gasteiger partial charge in [0, 0.05) is 22.2 Å². The fraction of sp³-hybridized carbons (Fsp3) is 0.0769. The van der Waals surface area contributed by atoms with Crippen LogP contribution in [-0.4, -0.2) is 10.9 Å². The topological polar surface area (TPSA) is 42.0 Å². The Kier molecular flexibility index (Phi) is 4.33. The third-order valence-electron chi connectivity index (χ3n) is 2.36. The molecule has 1 aromatic carbocycles. The number of aromatic nitrogens is 1. The van der Waals surface area contributed by atoms with Gasteiger partial charge in [-0.05, 0) is 39.7 Å². The Bertz CT molecular complexity index is 557. The Morgan fingerprint density at radius 1 is 1.28 bits per heavy atom. The van der Waals surface area contributed by atoms with E-state index in [4.69, 9.17) is 11.6 Å². The van der Waals surface area contributed by atoms with Crippen molar-refractivity contribution in [1.29, 1.82) is 0 Å². The fourth-order valence-electron chi connectivity index (χ4n) is 1.42. The van der Waals surface area contributed by atoms with Crippen molar-refractivity contribution in [2.45, 2.75) is 6.54 Å². The van der Waals surface area contributed by atoms with Gasteiger partial charge >= 0.3 is 0 Å². The summed E-state index contributed by atoms with van der Waals surface area (Å²) in [5.74, 6) is -0.220. The second kappa shape index (κ2) is 5.98. The molecule has 0 bridgehead atoms. The van der Waals surface area contributed by atoms with E-state index in [1.54, 1.807) is 24.4 Å². The van der Waals surface area contributed by atoms with E-state index in [0.29, 0.717) is 17.3 Å². The van der Waals surface area contributed by atoms with Crippen molar-refractivity contribution in [1.82, 2.24) is 10.3 Å². The van der Waals surface area contributed by atoms with Gasteiger partial charge < -0.3 is 5.32 Å². The molecule has 1 aromatic heterocycles. The first kappa shape index (κ1) is 13.1. The monoisotopic (exact) mass is 324 g/mol. The van der Waals surface area contributed by atoms with Gasteiger partial charge in [-0.2, -0.15) is 0 Å². The van der Waals surface area contributed by atoms with Crippen LogP contribution in [0.4, 0.5) is 0 Å².